The third-order valence-corrected chi connectivity index (χ3v) is 9.80. The number of aliphatic hydroxyl groups is 1. The highest BCUT2D eigenvalue weighted by molar-refractivity contribution is 5.86. The summed E-state index contributed by atoms with van der Waals surface area (Å²) in [6.45, 7) is 2.55. The van der Waals surface area contributed by atoms with Crippen molar-refractivity contribution in [1.29, 1.82) is 0 Å². The fourth-order valence-corrected chi connectivity index (χ4v) is 8.74. The molecular weight excluding hydrogens is 296 g/mol. The number of hydrogen-bond acceptors (Lipinski definition) is 2. The number of rotatable bonds is 0. The molecule has 5 rings (SSSR count). The lowest BCUT2D eigenvalue weighted by Crippen LogP contribution is -2.57. The second-order valence-electron chi connectivity index (χ2n) is 10.3. The SMILES string of the molecule is C[C@]12CC[C@@H](O)C[C@@H]1CC[C@@H]1[C@@H]2CC[C@@]23C(=O)CCC[C@H]2CC[C@@H]13. The molecule has 1 spiro atoms. The molecule has 0 saturated heterocycles. The zero-order valence-electron chi connectivity index (χ0n) is 15.3. The number of ketones is 1. The molecule has 5 saturated carbocycles. The fraction of sp³-hybridized carbons (Fsp3) is 0.955. The summed E-state index contributed by atoms with van der Waals surface area (Å²) in [5, 5.41) is 10.2. The molecule has 134 valence electrons. The van der Waals surface area contributed by atoms with Gasteiger partial charge in [-0.25, -0.2) is 0 Å². The summed E-state index contributed by atoms with van der Waals surface area (Å²) in [7, 11) is 0. The monoisotopic (exact) mass is 330 g/mol. The van der Waals surface area contributed by atoms with Crippen LogP contribution in [0, 0.1) is 40.4 Å². The molecule has 5 aliphatic carbocycles. The van der Waals surface area contributed by atoms with Gasteiger partial charge in [-0.05, 0) is 106 Å². The topological polar surface area (TPSA) is 37.3 Å². The minimum absolute atomic E-state index is 0.0506. The van der Waals surface area contributed by atoms with Crippen LogP contribution in [0.2, 0.25) is 0 Å². The van der Waals surface area contributed by atoms with Crippen molar-refractivity contribution < 1.29 is 9.90 Å². The van der Waals surface area contributed by atoms with E-state index >= 15 is 0 Å². The summed E-state index contributed by atoms with van der Waals surface area (Å²) in [6, 6.07) is 0. The van der Waals surface area contributed by atoms with Gasteiger partial charge < -0.3 is 5.11 Å². The van der Waals surface area contributed by atoms with Crippen molar-refractivity contribution in [2.45, 2.75) is 90.1 Å². The van der Waals surface area contributed by atoms with Crippen molar-refractivity contribution in [2.24, 2.45) is 40.4 Å². The summed E-state index contributed by atoms with van der Waals surface area (Å²) in [6.07, 6.45) is 14.4. The second kappa shape index (κ2) is 5.32. The first-order valence-electron chi connectivity index (χ1n) is 10.8. The van der Waals surface area contributed by atoms with E-state index < -0.39 is 0 Å². The first kappa shape index (κ1) is 15.9. The Bertz CT molecular complexity index is 542. The molecule has 0 radical (unpaired) electrons. The molecule has 0 aromatic heterocycles. The Morgan fingerprint density at radius 1 is 0.917 bits per heavy atom. The van der Waals surface area contributed by atoms with E-state index in [0.717, 1.165) is 49.4 Å². The average molecular weight is 331 g/mol. The number of fused-ring (bicyclic) bond motifs is 4. The maximum Gasteiger partial charge on any atom is 0.139 e. The summed E-state index contributed by atoms with van der Waals surface area (Å²) in [5.74, 6) is 4.46. The molecule has 0 aromatic rings. The minimum Gasteiger partial charge on any atom is -0.393 e. The predicted octanol–water partition coefficient (Wildman–Crippen LogP) is 4.74. The Morgan fingerprint density at radius 3 is 2.62 bits per heavy atom. The molecule has 2 heteroatoms. The highest BCUT2D eigenvalue weighted by Gasteiger charge is 2.64. The number of hydrogen-bond donors (Lipinski definition) is 1. The molecule has 5 aliphatic rings. The van der Waals surface area contributed by atoms with Crippen LogP contribution in [-0.4, -0.2) is 17.0 Å². The van der Waals surface area contributed by atoms with Crippen molar-refractivity contribution >= 4 is 5.78 Å². The van der Waals surface area contributed by atoms with Crippen molar-refractivity contribution in [3.05, 3.63) is 0 Å². The molecule has 0 amide bonds. The van der Waals surface area contributed by atoms with E-state index in [1.807, 2.05) is 0 Å². The fourth-order valence-electron chi connectivity index (χ4n) is 8.74. The average Bonchev–Trinajstić information content (AvgIpc) is 2.97. The second-order valence-corrected chi connectivity index (χ2v) is 10.3. The van der Waals surface area contributed by atoms with Crippen LogP contribution >= 0.6 is 0 Å². The smallest absolute Gasteiger partial charge is 0.139 e. The molecule has 0 bridgehead atoms. The van der Waals surface area contributed by atoms with Crippen molar-refractivity contribution in [3.8, 4) is 0 Å². The highest BCUT2D eigenvalue weighted by atomic mass is 16.3. The first-order chi connectivity index (χ1) is 11.6. The van der Waals surface area contributed by atoms with Crippen molar-refractivity contribution in [3.63, 3.8) is 0 Å². The Hall–Kier alpha value is -0.370. The quantitative estimate of drug-likeness (QED) is 0.696. The van der Waals surface area contributed by atoms with Gasteiger partial charge in [0.2, 0.25) is 0 Å². The third kappa shape index (κ3) is 1.90. The van der Waals surface area contributed by atoms with Crippen LogP contribution in [0.25, 0.3) is 0 Å². The molecule has 24 heavy (non-hydrogen) atoms. The lowest BCUT2D eigenvalue weighted by Gasteiger charge is -2.61. The molecule has 0 aromatic carbocycles. The van der Waals surface area contributed by atoms with Gasteiger partial charge in [-0.1, -0.05) is 6.92 Å². The zero-order valence-corrected chi connectivity index (χ0v) is 15.3. The van der Waals surface area contributed by atoms with E-state index in [2.05, 4.69) is 6.92 Å². The molecule has 0 heterocycles. The molecule has 2 nitrogen and oxygen atoms in total. The van der Waals surface area contributed by atoms with Gasteiger partial charge in [0.05, 0.1) is 6.10 Å². The predicted molar refractivity (Wildman–Crippen MR) is 94.4 cm³/mol. The molecule has 1 N–H and O–H groups in total. The number of Topliss-reactive ketones (excluding diaryl/α,β-unsaturated/α-hetero) is 1. The van der Waals surface area contributed by atoms with Crippen LogP contribution in [0.15, 0.2) is 0 Å². The Labute approximate surface area is 146 Å². The largest absolute Gasteiger partial charge is 0.393 e. The molecule has 0 aliphatic heterocycles. The standard InChI is InChI=1S/C22H34O2/c1-21-11-9-16(23)13-15(21)5-7-17-18(21)10-12-22-14(6-8-19(17)22)3-2-4-20(22)24/h14-19,23H,2-13H2,1H3/t14-,15-,16+,17+,18-,19-,21-,22+/m0/s1. The van der Waals surface area contributed by atoms with Gasteiger partial charge >= 0.3 is 0 Å². The minimum atomic E-state index is -0.0506. The van der Waals surface area contributed by atoms with Crippen molar-refractivity contribution in [1.82, 2.24) is 0 Å². The maximum atomic E-state index is 13.1. The number of aliphatic hydroxyl groups excluding tert-OH is 1. The Balaban J connectivity index is 1.48. The van der Waals surface area contributed by atoms with Gasteiger partial charge in [-0.3, -0.25) is 4.79 Å². The summed E-state index contributed by atoms with van der Waals surface area (Å²) in [5.41, 5.74) is 0.552. The van der Waals surface area contributed by atoms with Crippen molar-refractivity contribution in [2.75, 3.05) is 0 Å². The zero-order chi connectivity index (χ0) is 16.5. The van der Waals surface area contributed by atoms with Crippen LogP contribution in [0.5, 0.6) is 0 Å². The number of carbonyl (C=O) groups excluding carboxylic acids is 1. The van der Waals surface area contributed by atoms with Gasteiger partial charge in [0.1, 0.15) is 5.78 Å². The Kier molecular flexibility index (Phi) is 3.51. The van der Waals surface area contributed by atoms with Gasteiger partial charge in [-0.2, -0.15) is 0 Å². The highest BCUT2D eigenvalue weighted by Crippen LogP contribution is 2.69. The van der Waals surface area contributed by atoms with Crippen LogP contribution < -0.4 is 0 Å². The third-order valence-electron chi connectivity index (χ3n) is 9.80. The van der Waals surface area contributed by atoms with E-state index in [1.54, 1.807) is 0 Å². The van der Waals surface area contributed by atoms with Gasteiger partial charge in [0, 0.05) is 11.8 Å². The lowest BCUT2D eigenvalue weighted by molar-refractivity contribution is -0.158. The Morgan fingerprint density at radius 2 is 1.75 bits per heavy atom. The van der Waals surface area contributed by atoms with E-state index in [4.69, 9.17) is 0 Å². The van der Waals surface area contributed by atoms with Crippen LogP contribution in [-0.2, 0) is 4.79 Å². The molecule has 0 unspecified atom stereocenters. The molecule has 8 atom stereocenters. The maximum absolute atomic E-state index is 13.1. The van der Waals surface area contributed by atoms with Gasteiger partial charge in [0.25, 0.3) is 0 Å². The summed E-state index contributed by atoms with van der Waals surface area (Å²) in [4.78, 5) is 13.1. The first-order valence-corrected chi connectivity index (χ1v) is 10.8. The summed E-state index contributed by atoms with van der Waals surface area (Å²) >= 11 is 0. The van der Waals surface area contributed by atoms with Crippen LogP contribution in [0.1, 0.15) is 84.0 Å². The van der Waals surface area contributed by atoms with E-state index in [-0.39, 0.29) is 11.5 Å². The van der Waals surface area contributed by atoms with Crippen LogP contribution in [0.3, 0.4) is 0 Å². The van der Waals surface area contributed by atoms with Gasteiger partial charge in [-0.15, -0.1) is 0 Å². The van der Waals surface area contributed by atoms with Gasteiger partial charge in [0.15, 0.2) is 0 Å². The normalized spacial score (nSPS) is 56.8. The molecule has 5 fully saturated rings. The van der Waals surface area contributed by atoms with E-state index in [0.29, 0.717) is 17.1 Å². The molecular formula is C22H34O2. The van der Waals surface area contributed by atoms with E-state index in [9.17, 15) is 9.90 Å². The summed E-state index contributed by atoms with van der Waals surface area (Å²) < 4.78 is 0. The van der Waals surface area contributed by atoms with E-state index in [1.165, 1.54) is 51.4 Å². The van der Waals surface area contributed by atoms with Crippen LogP contribution in [0.4, 0.5) is 0 Å². The lowest BCUT2D eigenvalue weighted by atomic mass is 9.43. The number of carbonyl (C=O) groups is 1.